The number of benzene rings is 1. The molecule has 1 N–H and O–H groups in total. The van der Waals surface area contributed by atoms with Crippen LogP contribution in [0.5, 0.6) is 5.75 Å². The zero-order valence-electron chi connectivity index (χ0n) is 15.0. The Morgan fingerprint density at radius 1 is 1.27 bits per heavy atom. The highest BCUT2D eigenvalue weighted by Gasteiger charge is 2.20. The molecule has 0 saturated heterocycles. The summed E-state index contributed by atoms with van der Waals surface area (Å²) < 4.78 is 6.09. The minimum atomic E-state index is 0.401. The van der Waals surface area contributed by atoms with Crippen molar-refractivity contribution in [3.05, 3.63) is 47.6 Å². The van der Waals surface area contributed by atoms with Gasteiger partial charge in [-0.15, -0.1) is 11.3 Å². The summed E-state index contributed by atoms with van der Waals surface area (Å²) in [6, 6.07) is 8.49. The smallest absolute Gasteiger partial charge is 0.213 e. The van der Waals surface area contributed by atoms with Crippen LogP contribution in [0, 0.1) is 0 Å². The molecule has 1 aliphatic rings. The fourth-order valence-electron chi connectivity index (χ4n) is 2.62. The van der Waals surface area contributed by atoms with Crippen LogP contribution >= 0.6 is 11.3 Å². The molecule has 1 fully saturated rings. The number of ether oxygens (including phenoxy) is 1. The summed E-state index contributed by atoms with van der Waals surface area (Å²) >= 11 is 1.39. The van der Waals surface area contributed by atoms with E-state index in [1.54, 1.807) is 11.6 Å². The summed E-state index contributed by atoms with van der Waals surface area (Å²) in [6.45, 7) is 4.43. The van der Waals surface area contributed by atoms with Gasteiger partial charge < -0.3 is 10.1 Å². The van der Waals surface area contributed by atoms with Crippen molar-refractivity contribution >= 4 is 33.8 Å². The van der Waals surface area contributed by atoms with Gasteiger partial charge in [-0.2, -0.15) is 0 Å². The Hall–Kier alpha value is -2.47. The van der Waals surface area contributed by atoms with Crippen molar-refractivity contribution in [2.24, 2.45) is 0 Å². The number of nitrogens with zero attached hydrogens (tertiary/aromatic N) is 2. The fourth-order valence-corrected chi connectivity index (χ4v) is 3.11. The molecule has 0 spiro atoms. The molecule has 6 heteroatoms. The lowest BCUT2D eigenvalue weighted by Gasteiger charge is -2.27. The number of aromatic nitrogens is 2. The maximum absolute atomic E-state index is 9.73. The van der Waals surface area contributed by atoms with Gasteiger partial charge in [-0.05, 0) is 48.9 Å². The van der Waals surface area contributed by atoms with Crippen molar-refractivity contribution in [1.29, 1.82) is 0 Å². The maximum atomic E-state index is 9.73. The average molecular weight is 369 g/mol. The fraction of sp³-hybridized carbons (Fsp3) is 0.350. The van der Waals surface area contributed by atoms with E-state index >= 15 is 0 Å². The standard InChI is InChI=1S/C16H19NO.C4H4N2OS/c1-11(2)13-9-12-5-4-8-17-16(12)15(10-13)18-14-6-3-7-14;7-3-6-4-5-1-2-8-4/h4-5,8-11,14H,3,6-7H2,1-2H3;1-3H,(H,5,6,7). The van der Waals surface area contributed by atoms with Crippen LogP contribution in [0.15, 0.2) is 42.0 Å². The third-order valence-electron chi connectivity index (χ3n) is 4.32. The highest BCUT2D eigenvalue weighted by Crippen LogP contribution is 2.33. The molecule has 1 aliphatic carbocycles. The van der Waals surface area contributed by atoms with Gasteiger partial charge >= 0.3 is 0 Å². The van der Waals surface area contributed by atoms with Gasteiger partial charge in [0.15, 0.2) is 5.13 Å². The van der Waals surface area contributed by atoms with E-state index in [0.29, 0.717) is 23.6 Å². The van der Waals surface area contributed by atoms with Gasteiger partial charge in [0.25, 0.3) is 0 Å². The molecule has 4 rings (SSSR count). The van der Waals surface area contributed by atoms with E-state index in [2.05, 4.69) is 47.3 Å². The summed E-state index contributed by atoms with van der Waals surface area (Å²) in [6.07, 6.45) is 8.14. The molecule has 1 aromatic carbocycles. The van der Waals surface area contributed by atoms with Crippen LogP contribution < -0.4 is 10.1 Å². The molecule has 0 unspecified atom stereocenters. The van der Waals surface area contributed by atoms with Crippen LogP contribution in [0.2, 0.25) is 0 Å². The SMILES string of the molecule is CC(C)c1cc(OC2CCC2)c2ncccc2c1.O=CNc1nccs1. The molecule has 1 saturated carbocycles. The van der Waals surface area contributed by atoms with Crippen molar-refractivity contribution in [2.75, 3.05) is 5.32 Å². The Balaban J connectivity index is 0.000000206. The molecule has 136 valence electrons. The summed E-state index contributed by atoms with van der Waals surface area (Å²) in [4.78, 5) is 18.0. The number of rotatable bonds is 5. The number of pyridine rings is 1. The normalized spacial score (nSPS) is 13.7. The molecule has 2 heterocycles. The molecule has 0 bridgehead atoms. The number of hydrogen-bond donors (Lipinski definition) is 1. The van der Waals surface area contributed by atoms with E-state index in [1.165, 1.54) is 41.5 Å². The predicted molar refractivity (Wildman–Crippen MR) is 106 cm³/mol. The highest BCUT2D eigenvalue weighted by molar-refractivity contribution is 7.13. The molecule has 26 heavy (non-hydrogen) atoms. The molecular formula is C20H23N3O2S. The lowest BCUT2D eigenvalue weighted by Crippen LogP contribution is -2.24. The van der Waals surface area contributed by atoms with E-state index < -0.39 is 0 Å². The first kappa shape index (κ1) is 18.3. The van der Waals surface area contributed by atoms with Gasteiger partial charge in [-0.1, -0.05) is 19.9 Å². The van der Waals surface area contributed by atoms with Gasteiger partial charge in [-0.3, -0.25) is 9.78 Å². The molecule has 0 radical (unpaired) electrons. The average Bonchev–Trinajstić information content (AvgIpc) is 3.12. The lowest BCUT2D eigenvalue weighted by molar-refractivity contribution is -0.105. The van der Waals surface area contributed by atoms with Crippen LogP contribution in [0.4, 0.5) is 5.13 Å². The number of thiazole rings is 1. The maximum Gasteiger partial charge on any atom is 0.213 e. The van der Waals surface area contributed by atoms with Crippen LogP contribution in [-0.4, -0.2) is 22.5 Å². The third-order valence-corrected chi connectivity index (χ3v) is 5.02. The van der Waals surface area contributed by atoms with Crippen molar-refractivity contribution in [1.82, 2.24) is 9.97 Å². The quantitative estimate of drug-likeness (QED) is 0.643. The van der Waals surface area contributed by atoms with E-state index in [4.69, 9.17) is 4.74 Å². The highest BCUT2D eigenvalue weighted by atomic mass is 32.1. The van der Waals surface area contributed by atoms with Gasteiger partial charge in [0, 0.05) is 23.2 Å². The second kappa shape index (κ2) is 8.76. The number of carbonyl (C=O) groups excluding carboxylic acids is 1. The van der Waals surface area contributed by atoms with Gasteiger partial charge in [0.2, 0.25) is 6.41 Å². The lowest BCUT2D eigenvalue weighted by atomic mass is 9.95. The Labute approximate surface area is 157 Å². The van der Waals surface area contributed by atoms with Gasteiger partial charge in [0.05, 0.1) is 6.10 Å². The Morgan fingerprint density at radius 2 is 2.12 bits per heavy atom. The number of amides is 1. The molecule has 2 aromatic heterocycles. The van der Waals surface area contributed by atoms with Crippen molar-refractivity contribution in [2.45, 2.75) is 45.1 Å². The zero-order chi connectivity index (χ0) is 18.4. The number of hydrogen-bond acceptors (Lipinski definition) is 5. The van der Waals surface area contributed by atoms with Crippen LogP contribution in [0.25, 0.3) is 10.9 Å². The predicted octanol–water partition coefficient (Wildman–Crippen LogP) is 5.00. The van der Waals surface area contributed by atoms with E-state index in [0.717, 1.165) is 11.3 Å². The van der Waals surface area contributed by atoms with Crippen molar-refractivity contribution < 1.29 is 9.53 Å². The van der Waals surface area contributed by atoms with E-state index in [1.807, 2.05) is 12.3 Å². The monoisotopic (exact) mass is 369 g/mol. The molecule has 0 atom stereocenters. The van der Waals surface area contributed by atoms with Crippen molar-refractivity contribution in [3.63, 3.8) is 0 Å². The minimum absolute atomic E-state index is 0.401. The van der Waals surface area contributed by atoms with Crippen LogP contribution in [0.1, 0.15) is 44.6 Å². The van der Waals surface area contributed by atoms with Gasteiger partial charge in [-0.25, -0.2) is 4.98 Å². The molecule has 0 aliphatic heterocycles. The second-order valence-electron chi connectivity index (χ2n) is 6.52. The number of fused-ring (bicyclic) bond motifs is 1. The van der Waals surface area contributed by atoms with Crippen LogP contribution in [0.3, 0.4) is 0 Å². The summed E-state index contributed by atoms with van der Waals surface area (Å²) in [5, 5.41) is 6.03. The first-order valence-electron chi connectivity index (χ1n) is 8.82. The van der Waals surface area contributed by atoms with Crippen LogP contribution in [-0.2, 0) is 4.79 Å². The first-order chi connectivity index (χ1) is 12.7. The summed E-state index contributed by atoms with van der Waals surface area (Å²) in [5.74, 6) is 1.47. The largest absolute Gasteiger partial charge is 0.488 e. The third kappa shape index (κ3) is 4.58. The Bertz CT molecular complexity index is 845. The van der Waals surface area contributed by atoms with E-state index in [9.17, 15) is 4.79 Å². The molecular weight excluding hydrogens is 346 g/mol. The Morgan fingerprint density at radius 3 is 2.73 bits per heavy atom. The van der Waals surface area contributed by atoms with E-state index in [-0.39, 0.29) is 0 Å². The number of carbonyl (C=O) groups is 1. The second-order valence-corrected chi connectivity index (χ2v) is 7.41. The van der Waals surface area contributed by atoms with Gasteiger partial charge in [0.1, 0.15) is 11.3 Å². The summed E-state index contributed by atoms with van der Waals surface area (Å²) in [7, 11) is 0. The molecule has 5 nitrogen and oxygen atoms in total. The summed E-state index contributed by atoms with van der Waals surface area (Å²) in [5.41, 5.74) is 2.32. The first-order valence-corrected chi connectivity index (χ1v) is 9.70. The minimum Gasteiger partial charge on any atom is -0.488 e. The Kier molecular flexibility index (Phi) is 6.17. The number of nitrogens with one attached hydrogen (secondary N) is 1. The zero-order valence-corrected chi connectivity index (χ0v) is 15.8. The molecule has 1 amide bonds. The molecule has 3 aromatic rings. The topological polar surface area (TPSA) is 64.1 Å². The van der Waals surface area contributed by atoms with Crippen molar-refractivity contribution in [3.8, 4) is 5.75 Å². The number of anilines is 1.